The van der Waals surface area contributed by atoms with Gasteiger partial charge in [-0.3, -0.25) is 0 Å². The molecule has 0 spiro atoms. The van der Waals surface area contributed by atoms with Crippen LogP contribution in [0.5, 0.6) is 0 Å². The standard InChI is InChI=1S/C27H25N.C20H19N.4C18H33P.C7H6.2CH4.4ClH.2Ru/c1-20-17-22(16-15-21-9-3-2-4-10-21)18-23(20)19-28-26-13-7-5-11-24(26)25-12-6-8-14-27(25)28;1-3-7-19-17(5-1)18-6-2-4-8-20(18)21(19)13-16-12-14-9-10-15(16)11-14;4*1-4-10-16(11-5-1)19(17-12-6-2-7-13-17)18-14-8-3-9-15-18;1-7-5-3-2-4-6-7;;;;;;;;/h1-16,20,22-23H,17-19H2;1-10,14-16H,11-13H2;4*16-18H,1-15H2;1-6H;2*1H4;4*1H;;/q;;;;;;;;;;;;;2*+2/b16-15-;;;;;;;;;;;;;;. The molecule has 0 amide bonds. The van der Waals surface area contributed by atoms with Gasteiger partial charge in [-0.25, -0.2) is 0 Å². The zero-order chi connectivity index (χ0) is 94.1. The van der Waals surface area contributed by atoms with E-state index in [-0.39, 0.29) is 46.5 Å². The number of rotatable bonds is 20. The number of hydrogen-bond donors (Lipinski definition) is 0. The van der Waals surface area contributed by atoms with Crippen molar-refractivity contribution in [3.05, 3.63) is 187 Å². The maximum absolute atomic E-state index is 6.34. The first kappa shape index (κ1) is 112. The molecule has 2 aromatic heterocycles. The van der Waals surface area contributed by atoms with Crippen LogP contribution in [0.4, 0.5) is 0 Å². The van der Waals surface area contributed by atoms with E-state index in [4.69, 9.17) is 38.8 Å². The van der Waals surface area contributed by atoms with E-state index < -0.39 is 27.0 Å². The average molecular weight is 2230 g/mol. The van der Waals surface area contributed by atoms with Gasteiger partial charge in [0.15, 0.2) is 0 Å². The van der Waals surface area contributed by atoms with Crippen molar-refractivity contribution in [1.82, 2.24) is 9.13 Å². The first-order chi connectivity index (χ1) is 68.2. The van der Waals surface area contributed by atoms with Crippen LogP contribution in [0.1, 0.15) is 437 Å². The van der Waals surface area contributed by atoms with Crippen molar-refractivity contribution in [3.8, 4) is 0 Å². The molecule has 2 bridgehead atoms. The van der Waals surface area contributed by atoms with Crippen LogP contribution in [-0.4, -0.2) is 86.3 Å². The summed E-state index contributed by atoms with van der Waals surface area (Å²) in [5.74, 6) is 4.06. The van der Waals surface area contributed by atoms with Crippen LogP contribution in [0.3, 0.4) is 0 Å². The number of fused-ring (bicyclic) bond motifs is 8. The topological polar surface area (TPSA) is 9.86 Å². The summed E-state index contributed by atoms with van der Waals surface area (Å²) in [6.45, 7) is 2.17. The number of nitrogens with zero attached hydrogens (tertiary/aromatic N) is 2. The Kier molecular flexibility index (Phi) is 49.0. The first-order valence-corrected chi connectivity index (χ1v) is 76.6. The Labute approximate surface area is 886 Å². The summed E-state index contributed by atoms with van der Waals surface area (Å²) in [6.07, 6.45) is 110. The predicted molar refractivity (Wildman–Crippen MR) is 633 cm³/mol. The van der Waals surface area contributed by atoms with Crippen molar-refractivity contribution >= 4 is 129 Å². The van der Waals surface area contributed by atoms with Crippen LogP contribution < -0.4 is 0 Å². The number of aromatic nitrogens is 2. The summed E-state index contributed by atoms with van der Waals surface area (Å²) in [5, 5.41) is 5.46. The Balaban J connectivity index is 0.000000125. The van der Waals surface area contributed by atoms with Gasteiger partial charge in [-0.2, -0.15) is 0 Å². The summed E-state index contributed by atoms with van der Waals surface area (Å²) >= 11 is -3.43. The number of halogens is 4. The average Bonchev–Trinajstić information content (AvgIpc) is 1.61. The van der Waals surface area contributed by atoms with Crippen LogP contribution in [0, 0.1) is 35.5 Å². The van der Waals surface area contributed by atoms with E-state index in [1.54, 1.807) is 385 Å². The molecule has 12 heteroatoms. The number of hydrogen-bond acceptors (Lipinski definition) is 0. The minimum absolute atomic E-state index is 0. The van der Waals surface area contributed by atoms with Gasteiger partial charge in [0, 0.05) is 60.0 Å². The molecule has 6 aromatic carbocycles. The van der Waals surface area contributed by atoms with E-state index >= 15 is 0 Å². The van der Waals surface area contributed by atoms with Crippen molar-refractivity contribution in [2.45, 2.75) is 507 Å². The fourth-order valence-electron chi connectivity index (χ4n) is 31.5. The van der Waals surface area contributed by atoms with Crippen LogP contribution >= 0.6 is 70.5 Å². The Bertz CT molecular complexity index is 4410. The van der Waals surface area contributed by atoms with Crippen LogP contribution in [-0.2, 0) is 40.1 Å². The molecule has 15 aliphatic rings. The quantitative estimate of drug-likeness (QED) is 0.0409. The van der Waals surface area contributed by atoms with Crippen molar-refractivity contribution < 1.29 is 27.0 Å². The SMILES string of the molecule is C.C.C1=CC2CC1CC2Cn1c2ccccc2c2ccccc21.C1CCC([PH+](C2CCCCC2)C2CCCCC2)CC1.C1CCC([PH+](C2CCCCC2)C2CCCCC2)CC1.C1CCC([PH+](C2CCCCC2)C2CCCCC2)CC1.C1CCC([PH+](C2CCCCC2)C2CCCCC2)CC1.[Cl][Ru]([Cl])=[CH]C1CC(/C=C\c2ccccc2)CC1Cn1c2ccccc2c2ccccc21.[Cl][Ru]([Cl])=[CH]c1ccccc1. The second kappa shape index (κ2) is 61.1. The zero-order valence-electron chi connectivity index (χ0n) is 85.6. The molecule has 0 aliphatic heterocycles. The fourth-order valence-corrected chi connectivity index (χ4v) is 56.8. The Morgan fingerprint density at radius 2 is 0.493 bits per heavy atom. The van der Waals surface area contributed by atoms with Gasteiger partial charge in [-0.15, -0.1) is 0 Å². The van der Waals surface area contributed by atoms with Crippen molar-refractivity contribution in [2.75, 3.05) is 0 Å². The molecule has 6 unspecified atom stereocenters. The molecule has 0 saturated heterocycles. The summed E-state index contributed by atoms with van der Waals surface area (Å²) in [7, 11) is 23.8. The zero-order valence-corrected chi connectivity index (χ0v) is 96.1. The van der Waals surface area contributed by atoms with Crippen LogP contribution in [0.15, 0.2) is 176 Å². The molecule has 8 aromatic rings. The van der Waals surface area contributed by atoms with Crippen LogP contribution in [0.25, 0.3) is 49.7 Å². The number of allylic oxidation sites excluding steroid dienone is 3. The third kappa shape index (κ3) is 32.7. The Hall–Kier alpha value is -1.73. The molecular weight excluding hydrogens is 2030 g/mol. The predicted octanol–water partition coefficient (Wildman–Crippen LogP) is 41.7. The maximum atomic E-state index is 6.34. The van der Waals surface area contributed by atoms with Gasteiger partial charge in [0.05, 0.1) is 67.9 Å². The van der Waals surface area contributed by atoms with Gasteiger partial charge in [-0.1, -0.05) is 140 Å². The molecule has 14 fully saturated rings. The second-order valence-electron chi connectivity index (χ2n) is 46.8. The molecule has 0 N–H and O–H groups in total. The first-order valence-electron chi connectivity index (χ1n) is 58.7. The normalized spacial score (nSPS) is 25.4. The van der Waals surface area contributed by atoms with Gasteiger partial charge in [0.25, 0.3) is 0 Å². The van der Waals surface area contributed by atoms with Gasteiger partial charge < -0.3 is 4.57 Å². The molecule has 0 radical (unpaired) electrons. The molecule has 2 nitrogen and oxygen atoms in total. The summed E-state index contributed by atoms with van der Waals surface area (Å²) in [5.41, 5.74) is 22.5. The summed E-state index contributed by atoms with van der Waals surface area (Å²) < 4.78 is 9.28. The fraction of sp³-hybridized carbons (Fsp3) is 0.672. The van der Waals surface area contributed by atoms with Gasteiger partial charge in [0.2, 0.25) is 0 Å². The van der Waals surface area contributed by atoms with Gasteiger partial charge in [-0.05, 0) is 351 Å². The van der Waals surface area contributed by atoms with Crippen molar-refractivity contribution in [2.24, 2.45) is 35.5 Å². The van der Waals surface area contributed by atoms with Gasteiger partial charge in [0.1, 0.15) is 0 Å². The third-order valence-electron chi connectivity index (χ3n) is 37.9. The molecule has 23 rings (SSSR count). The van der Waals surface area contributed by atoms with Crippen LogP contribution in [0.2, 0.25) is 0 Å². The number of para-hydroxylation sites is 4. The molecule has 140 heavy (non-hydrogen) atoms. The molecule has 2 heterocycles. The third-order valence-corrected chi connectivity index (χ3v) is 60.3. The van der Waals surface area contributed by atoms with Crippen molar-refractivity contribution in [3.63, 3.8) is 0 Å². The van der Waals surface area contributed by atoms with Crippen molar-refractivity contribution in [1.29, 1.82) is 0 Å². The molecule has 14 saturated carbocycles. The van der Waals surface area contributed by atoms with E-state index in [0.717, 1.165) is 36.3 Å². The summed E-state index contributed by atoms with van der Waals surface area (Å²) in [6, 6.07) is 55.7. The molecule has 6 atom stereocenters. The minimum atomic E-state index is -1.82. The van der Waals surface area contributed by atoms with Gasteiger partial charge >= 0.3 is 271 Å². The van der Waals surface area contributed by atoms with E-state index in [1.807, 2.05) is 34.9 Å². The van der Waals surface area contributed by atoms with E-state index in [1.165, 1.54) is 143 Å². The summed E-state index contributed by atoms with van der Waals surface area (Å²) in [4.78, 5) is 0. The molecular formula is C128H194Cl4N2P4Ru2+4. The van der Waals surface area contributed by atoms with E-state index in [0.29, 0.717) is 17.8 Å². The monoisotopic (exact) mass is 2230 g/mol. The van der Waals surface area contributed by atoms with E-state index in [2.05, 4.69) is 165 Å². The molecule has 776 valence electrons. The Morgan fingerprint density at radius 3 is 0.729 bits per heavy atom. The molecule has 15 aliphatic carbocycles. The second-order valence-corrected chi connectivity index (χ2v) is 72.1. The number of benzene rings is 6. The van der Waals surface area contributed by atoms with E-state index in [9.17, 15) is 0 Å². The Morgan fingerprint density at radius 1 is 0.250 bits per heavy atom.